The molecule has 0 spiro atoms. The van der Waals surface area contributed by atoms with Crippen LogP contribution in [0.2, 0.25) is 0 Å². The largest absolute Gasteiger partial charge is 0.378 e. The number of allylic oxidation sites excluding steroid dienone is 3. The second kappa shape index (κ2) is 15.7. The molecule has 58 heavy (non-hydrogen) atoms. The Kier molecular flexibility index (Phi) is 9.81. The molecule has 2 unspecified atom stereocenters. The normalized spacial score (nSPS) is 15.6. The van der Waals surface area contributed by atoms with Gasteiger partial charge in [-0.2, -0.15) is 0 Å². The standard InChI is InChI=1S/C52H39IN4S/c1-33(55-45-12-6-5-11-44(45)49(54)42-29-25-36(26-30-42)35-9-3-2-4-10-35)34-15-17-37(18-16-34)38-19-21-39(22-20-38)40-23-27-41(28-24-40)43-31-32-53-48-50-52(58-51(43)48)57-47-14-8-7-13-46(47)56-50/h2-13,15-33,47,54-55H,14H2,1H3. The number of thiophene rings is 1. The van der Waals surface area contributed by atoms with E-state index in [1.54, 1.807) is 0 Å². The van der Waals surface area contributed by atoms with Crippen LogP contribution in [0.4, 0.5) is 5.69 Å². The third-order valence-electron chi connectivity index (χ3n) is 11.1. The van der Waals surface area contributed by atoms with Crippen molar-refractivity contribution in [3.8, 4) is 33.4 Å². The van der Waals surface area contributed by atoms with Crippen molar-refractivity contribution >= 4 is 53.1 Å². The van der Waals surface area contributed by atoms with Gasteiger partial charge in [-0.15, -0.1) is 11.3 Å². The molecule has 0 saturated carbocycles. The summed E-state index contributed by atoms with van der Waals surface area (Å²) in [6.07, 6.45) is 9.67. The number of halogens is 1. The van der Waals surface area contributed by atoms with Crippen LogP contribution in [0.15, 0.2) is 192 Å². The van der Waals surface area contributed by atoms with Crippen molar-refractivity contribution in [2.24, 2.45) is 9.98 Å². The highest BCUT2D eigenvalue weighted by Crippen LogP contribution is 2.35. The van der Waals surface area contributed by atoms with Crippen molar-refractivity contribution in [2.75, 3.05) is 5.32 Å². The van der Waals surface area contributed by atoms with E-state index in [0.717, 1.165) is 44.5 Å². The van der Waals surface area contributed by atoms with Gasteiger partial charge in [-0.25, -0.2) is 4.99 Å². The predicted molar refractivity (Wildman–Crippen MR) is 252 cm³/mol. The average Bonchev–Trinajstić information content (AvgIpc) is 3.66. The Hall–Kier alpha value is -6.09. The van der Waals surface area contributed by atoms with Gasteiger partial charge in [0.2, 0.25) is 0 Å². The van der Waals surface area contributed by atoms with Gasteiger partial charge in [0.25, 0.3) is 0 Å². The SMILES string of the molecule is CC(Nc1ccccc1C(=N)c1ccc(-c2ccccc2)cc1)c1ccc(-c2ccc(-c3ccc(C4=CC=Ic5c4sc4c5=NC5=CC=CCC5N=4)cc3)cc2)cc1. The van der Waals surface area contributed by atoms with E-state index in [9.17, 15) is 0 Å². The highest BCUT2D eigenvalue weighted by Gasteiger charge is 2.24. The molecule has 2 atom stereocenters. The summed E-state index contributed by atoms with van der Waals surface area (Å²) in [5, 5.41) is 13.9. The first kappa shape index (κ1) is 36.3. The van der Waals surface area contributed by atoms with Gasteiger partial charge in [-0.3, -0.25) is 10.4 Å². The van der Waals surface area contributed by atoms with Crippen LogP contribution >= 0.6 is 32.1 Å². The lowest BCUT2D eigenvalue weighted by Gasteiger charge is -2.19. The number of rotatable bonds is 9. The molecule has 0 radical (unpaired) electrons. The van der Waals surface area contributed by atoms with E-state index in [0.29, 0.717) is 5.71 Å². The lowest BCUT2D eigenvalue weighted by Crippen LogP contribution is -2.31. The molecule has 6 heteroatoms. The monoisotopic (exact) mass is 878 g/mol. The molecule has 2 N–H and O–H groups in total. The van der Waals surface area contributed by atoms with Crippen molar-refractivity contribution < 1.29 is 0 Å². The molecule has 7 aromatic rings. The first-order valence-corrected chi connectivity index (χ1v) is 22.7. The van der Waals surface area contributed by atoms with Crippen molar-refractivity contribution in [2.45, 2.75) is 25.4 Å². The van der Waals surface area contributed by atoms with Gasteiger partial charge < -0.3 is 5.32 Å². The van der Waals surface area contributed by atoms with Gasteiger partial charge in [0, 0.05) is 28.4 Å². The molecule has 0 bridgehead atoms. The van der Waals surface area contributed by atoms with Crippen molar-refractivity contribution in [1.29, 1.82) is 5.41 Å². The van der Waals surface area contributed by atoms with E-state index in [2.05, 4.69) is 156 Å². The van der Waals surface area contributed by atoms with Crippen molar-refractivity contribution in [3.63, 3.8) is 0 Å². The zero-order valence-corrected chi connectivity index (χ0v) is 34.8. The van der Waals surface area contributed by atoms with Gasteiger partial charge in [-0.05, 0) is 80.1 Å². The van der Waals surface area contributed by atoms with Gasteiger partial charge in [-0.1, -0.05) is 178 Å². The smallest absolute Gasteiger partial charge is 0.138 e. The molecular weight excluding hydrogens is 840 g/mol. The van der Waals surface area contributed by atoms with Crippen molar-refractivity contribution in [1.82, 2.24) is 0 Å². The van der Waals surface area contributed by atoms with E-state index in [-0.39, 0.29) is 32.8 Å². The Morgan fingerprint density at radius 1 is 0.690 bits per heavy atom. The Morgan fingerprint density at radius 3 is 1.97 bits per heavy atom. The maximum Gasteiger partial charge on any atom is 0.138 e. The molecule has 6 aromatic carbocycles. The van der Waals surface area contributed by atoms with Crippen LogP contribution in [0.3, 0.4) is 0 Å². The Morgan fingerprint density at radius 2 is 1.28 bits per heavy atom. The second-order valence-electron chi connectivity index (χ2n) is 14.7. The molecule has 1 aliphatic carbocycles. The van der Waals surface area contributed by atoms with Crippen LogP contribution in [-0.2, 0) is 0 Å². The summed E-state index contributed by atoms with van der Waals surface area (Å²) in [4.78, 5) is 11.6. The number of fused-ring (bicyclic) bond motifs is 4. The average molecular weight is 879 g/mol. The summed E-state index contributed by atoms with van der Waals surface area (Å²) in [5.41, 5.74) is 15.1. The van der Waals surface area contributed by atoms with Gasteiger partial charge in [0.1, 0.15) is 10.0 Å². The minimum absolute atomic E-state index is 0.0546. The lowest BCUT2D eigenvalue weighted by molar-refractivity contribution is 0.722. The molecule has 4 nitrogen and oxygen atoms in total. The second-order valence-corrected chi connectivity index (χ2v) is 18.2. The quantitative estimate of drug-likeness (QED) is 0.110. The fourth-order valence-corrected chi connectivity index (χ4v) is 11.9. The van der Waals surface area contributed by atoms with Gasteiger partial charge >= 0.3 is 0 Å². The number of benzene rings is 6. The highest BCUT2D eigenvalue weighted by atomic mass is 127. The minimum Gasteiger partial charge on any atom is -0.378 e. The van der Waals surface area contributed by atoms with Crippen molar-refractivity contribution in [3.05, 3.63) is 222 Å². The van der Waals surface area contributed by atoms with Gasteiger partial charge in [0.05, 0.1) is 25.9 Å². The molecule has 0 amide bonds. The third-order valence-corrected chi connectivity index (χ3v) is 15.0. The minimum atomic E-state index is -0.230. The number of anilines is 1. The molecule has 0 saturated heterocycles. The van der Waals surface area contributed by atoms with Crippen LogP contribution in [0, 0.1) is 8.98 Å². The summed E-state index contributed by atoms with van der Waals surface area (Å²) < 4.78 is 4.88. The summed E-state index contributed by atoms with van der Waals surface area (Å²) in [5.74, 6) is 0. The van der Waals surface area contributed by atoms with Crippen LogP contribution < -0.4 is 15.3 Å². The van der Waals surface area contributed by atoms with E-state index >= 15 is 0 Å². The first-order valence-electron chi connectivity index (χ1n) is 19.6. The van der Waals surface area contributed by atoms with E-state index < -0.39 is 0 Å². The molecule has 2 aliphatic heterocycles. The van der Waals surface area contributed by atoms with Crippen LogP contribution in [0.1, 0.15) is 46.5 Å². The Bertz CT molecular complexity index is 2940. The molecule has 0 fully saturated rings. The maximum atomic E-state index is 9.10. The first-order chi connectivity index (χ1) is 28.6. The molecule has 3 heterocycles. The van der Waals surface area contributed by atoms with Crippen LogP contribution in [0.25, 0.3) is 39.0 Å². The highest BCUT2D eigenvalue weighted by molar-refractivity contribution is 14.2. The Labute approximate surface area is 352 Å². The number of para-hydroxylation sites is 1. The summed E-state index contributed by atoms with van der Waals surface area (Å²) in [6.45, 7) is 2.17. The maximum absolute atomic E-state index is 9.10. The molecule has 1 aromatic heterocycles. The van der Waals surface area contributed by atoms with E-state index in [1.807, 2.05) is 47.7 Å². The summed E-state index contributed by atoms with van der Waals surface area (Å²) in [6, 6.07) is 53.7. The third kappa shape index (κ3) is 7.07. The Balaban J connectivity index is 0.810. The molecule has 3 aliphatic rings. The fraction of sp³-hybridized carbons (Fsp3) is 0.0769. The predicted octanol–water partition coefficient (Wildman–Crippen LogP) is 12.2. The number of hydrogen-bond acceptors (Lipinski definition) is 5. The number of nitrogens with zero attached hydrogens (tertiary/aromatic N) is 2. The zero-order valence-electron chi connectivity index (χ0n) is 31.9. The topological polar surface area (TPSA) is 60.6 Å². The molecular formula is C52H39IN4S. The summed E-state index contributed by atoms with van der Waals surface area (Å²) >= 11 is 1.59. The fourth-order valence-electron chi connectivity index (χ4n) is 7.84. The zero-order chi connectivity index (χ0) is 39.0. The van der Waals surface area contributed by atoms with Crippen LogP contribution in [0.5, 0.6) is 0 Å². The van der Waals surface area contributed by atoms with E-state index in [1.165, 1.54) is 53.0 Å². The summed E-state index contributed by atoms with van der Waals surface area (Å²) in [7, 11) is 0. The number of hydrogen-bond donors (Lipinski definition) is 2. The van der Waals surface area contributed by atoms with Gasteiger partial charge in [0.15, 0.2) is 0 Å². The molecule has 10 rings (SSSR count). The number of nitrogens with one attached hydrogen (secondary N) is 2. The molecule has 280 valence electrons. The van der Waals surface area contributed by atoms with E-state index in [4.69, 9.17) is 15.4 Å². The van der Waals surface area contributed by atoms with Crippen LogP contribution in [-0.4, -0.2) is 15.8 Å². The lowest BCUT2D eigenvalue weighted by atomic mass is 9.96.